The maximum Gasteiger partial charge on any atom is 1.00 e. The molecule has 0 atom stereocenters. The molecule has 0 bridgehead atoms. The molecule has 6 nitrogen and oxygen atoms in total. The number of anilines is 1. The molecule has 1 aliphatic rings. The molecule has 0 fully saturated rings. The van der Waals surface area contributed by atoms with Gasteiger partial charge in [0.25, 0.3) is 0 Å². The quantitative estimate of drug-likeness (QED) is 0.464. The Balaban J connectivity index is 0.00000289. The van der Waals surface area contributed by atoms with Crippen molar-refractivity contribution in [1.82, 2.24) is 4.98 Å². The van der Waals surface area contributed by atoms with Crippen LogP contribution in [0.1, 0.15) is 29.9 Å². The van der Waals surface area contributed by atoms with E-state index in [1.165, 1.54) is 12.1 Å². The van der Waals surface area contributed by atoms with Crippen LogP contribution in [0.4, 0.5) is 10.1 Å². The summed E-state index contributed by atoms with van der Waals surface area (Å²) in [4.78, 5) is 17.5. The number of benzene rings is 2. The normalized spacial score (nSPS) is 12.8. The van der Waals surface area contributed by atoms with Gasteiger partial charge in [-0.2, -0.15) is 0 Å². The minimum absolute atomic E-state index is 0. The Morgan fingerprint density at radius 3 is 2.78 bits per heavy atom. The van der Waals surface area contributed by atoms with Crippen molar-refractivity contribution in [2.24, 2.45) is 0 Å². The number of rotatable bonds is 8. The monoisotopic (exact) mass is 446 g/mol. The van der Waals surface area contributed by atoms with Gasteiger partial charge < -0.3 is 24.0 Å². The largest absolute Gasteiger partial charge is 1.00 e. The molecule has 1 aliphatic heterocycles. The SMILES string of the molecule is Cc1oc(-c2ccc(F)cc2)nc1CCOc1cccc2c1CCCN2CCC(=O)[O-].[Na+]. The molecule has 0 radical (unpaired) electrons. The number of oxazole rings is 1. The van der Waals surface area contributed by atoms with Crippen molar-refractivity contribution < 1.29 is 53.0 Å². The van der Waals surface area contributed by atoms with E-state index in [4.69, 9.17) is 9.15 Å². The maximum atomic E-state index is 13.1. The number of aromatic nitrogens is 1. The van der Waals surface area contributed by atoms with Crippen molar-refractivity contribution in [2.45, 2.75) is 32.6 Å². The van der Waals surface area contributed by atoms with E-state index in [2.05, 4.69) is 9.88 Å². The number of aliphatic carboxylic acids is 1. The first-order valence-corrected chi connectivity index (χ1v) is 10.4. The number of hydrogen-bond donors (Lipinski definition) is 0. The Morgan fingerprint density at radius 1 is 1.25 bits per heavy atom. The Bertz CT molecular complexity index is 1070. The van der Waals surface area contributed by atoms with Crippen molar-refractivity contribution in [2.75, 3.05) is 24.6 Å². The second-order valence-electron chi connectivity index (χ2n) is 7.59. The summed E-state index contributed by atoms with van der Waals surface area (Å²) in [5.74, 6) is 0.655. The first-order chi connectivity index (χ1) is 15.0. The Kier molecular flexibility index (Phi) is 8.34. The number of hydrogen-bond acceptors (Lipinski definition) is 6. The molecule has 3 aromatic rings. The summed E-state index contributed by atoms with van der Waals surface area (Å²) in [7, 11) is 0. The zero-order valence-electron chi connectivity index (χ0n) is 18.4. The van der Waals surface area contributed by atoms with Gasteiger partial charge in [0.2, 0.25) is 5.89 Å². The molecule has 0 saturated heterocycles. The van der Waals surface area contributed by atoms with Gasteiger partial charge in [-0.3, -0.25) is 0 Å². The molecule has 0 N–H and O–H groups in total. The standard InChI is InChI=1S/C24H25FN2O4.Na/c1-16-20(26-24(31-16)17-7-9-18(25)10-8-17)12-15-30-22-6-2-5-21-19(22)4-3-13-27(21)14-11-23(28)29;/h2,5-10H,3-4,11-15H2,1H3,(H,28,29);/q;+1/p-1. The minimum Gasteiger partial charge on any atom is -0.550 e. The van der Waals surface area contributed by atoms with Crippen LogP contribution in [-0.4, -0.2) is 30.6 Å². The second kappa shape index (κ2) is 11.0. The van der Waals surface area contributed by atoms with Gasteiger partial charge in [0.15, 0.2) is 0 Å². The van der Waals surface area contributed by atoms with Crippen LogP contribution in [0.5, 0.6) is 5.75 Å². The summed E-state index contributed by atoms with van der Waals surface area (Å²) in [6.07, 6.45) is 2.43. The van der Waals surface area contributed by atoms with Gasteiger partial charge in [-0.05, 0) is 56.2 Å². The van der Waals surface area contributed by atoms with Crippen LogP contribution in [0.15, 0.2) is 46.9 Å². The van der Waals surface area contributed by atoms with Crippen LogP contribution in [0.25, 0.3) is 11.5 Å². The Morgan fingerprint density at radius 2 is 2.03 bits per heavy atom. The number of aryl methyl sites for hydroxylation is 1. The predicted octanol–water partition coefficient (Wildman–Crippen LogP) is 0.307. The van der Waals surface area contributed by atoms with E-state index in [0.717, 1.165) is 47.6 Å². The third-order valence-electron chi connectivity index (χ3n) is 5.47. The van der Waals surface area contributed by atoms with Crippen LogP contribution in [-0.2, 0) is 17.6 Å². The molecular weight excluding hydrogens is 422 g/mol. The van der Waals surface area contributed by atoms with Crippen molar-refractivity contribution in [3.8, 4) is 17.2 Å². The van der Waals surface area contributed by atoms with Gasteiger partial charge in [-0.1, -0.05) is 6.07 Å². The molecule has 4 rings (SSSR count). The van der Waals surface area contributed by atoms with Crippen molar-refractivity contribution in [1.29, 1.82) is 0 Å². The Labute approximate surface area is 208 Å². The number of ether oxygens (including phenoxy) is 1. The molecule has 0 saturated carbocycles. The fraction of sp³-hybridized carbons (Fsp3) is 0.333. The summed E-state index contributed by atoms with van der Waals surface area (Å²) >= 11 is 0. The summed E-state index contributed by atoms with van der Waals surface area (Å²) in [5, 5.41) is 10.8. The molecule has 0 amide bonds. The first-order valence-electron chi connectivity index (χ1n) is 10.4. The molecule has 2 heterocycles. The number of carbonyl (C=O) groups is 1. The second-order valence-corrected chi connectivity index (χ2v) is 7.59. The third kappa shape index (κ3) is 5.71. The maximum absolute atomic E-state index is 13.1. The molecule has 32 heavy (non-hydrogen) atoms. The van der Waals surface area contributed by atoms with Crippen molar-refractivity contribution >= 4 is 11.7 Å². The molecular formula is C24H24FN2NaO4. The average molecular weight is 446 g/mol. The van der Waals surface area contributed by atoms with Crippen LogP contribution < -0.4 is 44.3 Å². The third-order valence-corrected chi connectivity index (χ3v) is 5.47. The van der Waals surface area contributed by atoms with Crippen LogP contribution in [0, 0.1) is 12.7 Å². The van der Waals surface area contributed by atoms with Crippen molar-refractivity contribution in [3.63, 3.8) is 0 Å². The number of halogens is 1. The number of carboxylic acid groups (broad SMARTS) is 1. The minimum atomic E-state index is -1.04. The topological polar surface area (TPSA) is 78.6 Å². The molecule has 8 heteroatoms. The summed E-state index contributed by atoms with van der Waals surface area (Å²) < 4.78 is 25.0. The van der Waals surface area contributed by atoms with E-state index in [1.807, 2.05) is 25.1 Å². The number of fused-ring (bicyclic) bond motifs is 1. The first kappa shape index (κ1) is 24.3. The smallest absolute Gasteiger partial charge is 0.550 e. The van der Waals surface area contributed by atoms with Gasteiger partial charge in [0.05, 0.1) is 12.3 Å². The zero-order valence-corrected chi connectivity index (χ0v) is 20.4. The Hall–Kier alpha value is -2.35. The molecule has 0 spiro atoms. The molecule has 0 unspecified atom stereocenters. The van der Waals surface area contributed by atoms with Gasteiger partial charge in [-0.25, -0.2) is 9.37 Å². The fourth-order valence-electron chi connectivity index (χ4n) is 3.90. The van der Waals surface area contributed by atoms with E-state index in [0.29, 0.717) is 31.2 Å². The van der Waals surface area contributed by atoms with Crippen LogP contribution in [0.2, 0.25) is 0 Å². The van der Waals surface area contributed by atoms with Crippen molar-refractivity contribution in [3.05, 3.63) is 65.3 Å². The van der Waals surface area contributed by atoms with E-state index >= 15 is 0 Å². The molecule has 2 aromatic carbocycles. The number of carbonyl (C=O) groups excluding carboxylic acids is 1. The predicted molar refractivity (Wildman–Crippen MR) is 112 cm³/mol. The van der Waals surface area contributed by atoms with Gasteiger partial charge in [0, 0.05) is 48.7 Å². The molecule has 162 valence electrons. The van der Waals surface area contributed by atoms with E-state index in [-0.39, 0.29) is 41.8 Å². The number of carboxylic acids is 1. The van der Waals surface area contributed by atoms with E-state index in [9.17, 15) is 14.3 Å². The molecule has 0 aliphatic carbocycles. The fourth-order valence-corrected chi connectivity index (χ4v) is 3.90. The summed E-state index contributed by atoms with van der Waals surface area (Å²) in [6, 6.07) is 11.9. The average Bonchev–Trinajstić information content (AvgIpc) is 3.13. The van der Waals surface area contributed by atoms with Crippen LogP contribution >= 0.6 is 0 Å². The van der Waals surface area contributed by atoms with E-state index < -0.39 is 5.97 Å². The zero-order chi connectivity index (χ0) is 21.8. The van der Waals surface area contributed by atoms with E-state index in [1.54, 1.807) is 12.1 Å². The molecule has 1 aromatic heterocycles. The summed E-state index contributed by atoms with van der Waals surface area (Å²) in [5.41, 5.74) is 3.67. The number of nitrogens with zero attached hydrogens (tertiary/aromatic N) is 2. The van der Waals surface area contributed by atoms with Gasteiger partial charge in [-0.15, -0.1) is 0 Å². The summed E-state index contributed by atoms with van der Waals surface area (Å²) in [6.45, 7) is 3.55. The van der Waals surface area contributed by atoms with Crippen LogP contribution in [0.3, 0.4) is 0 Å². The van der Waals surface area contributed by atoms with Gasteiger partial charge >= 0.3 is 29.6 Å². The van der Waals surface area contributed by atoms with Gasteiger partial charge in [0.1, 0.15) is 17.3 Å².